The molecule has 3 aromatic rings. The fourth-order valence-corrected chi connectivity index (χ4v) is 5.92. The number of allylic oxidation sites excluding steroid dienone is 2. The van der Waals surface area contributed by atoms with Gasteiger partial charge in [0.2, 0.25) is 0 Å². The topological polar surface area (TPSA) is 124 Å². The Morgan fingerprint density at radius 1 is 0.933 bits per heavy atom. The predicted octanol–water partition coefficient (Wildman–Crippen LogP) is 5.96. The molecular weight excluding hydrogens is 576 g/mol. The zero-order valence-electron chi connectivity index (χ0n) is 25.4. The lowest BCUT2D eigenvalue weighted by Gasteiger charge is -2.28. The Morgan fingerprint density at radius 3 is 2.42 bits per heavy atom. The number of benzene rings is 3. The first kappa shape index (κ1) is 30.0. The van der Waals surface area contributed by atoms with E-state index in [1.807, 2.05) is 30.3 Å². The van der Waals surface area contributed by atoms with Gasteiger partial charge in [-0.15, -0.1) is 0 Å². The maximum Gasteiger partial charge on any atom is 0.310 e. The molecule has 1 fully saturated rings. The van der Waals surface area contributed by atoms with Crippen LogP contribution in [0.5, 0.6) is 17.2 Å². The highest BCUT2D eigenvalue weighted by atomic mass is 16.6. The van der Waals surface area contributed by atoms with Gasteiger partial charge < -0.3 is 34.5 Å². The van der Waals surface area contributed by atoms with E-state index < -0.39 is 4.92 Å². The second-order valence-corrected chi connectivity index (χ2v) is 11.0. The first-order valence-electron chi connectivity index (χ1n) is 15.0. The van der Waals surface area contributed by atoms with E-state index in [-0.39, 0.29) is 17.3 Å². The highest BCUT2D eigenvalue weighted by molar-refractivity contribution is 6.09. The Kier molecular flexibility index (Phi) is 8.88. The number of amides is 1. The molecule has 45 heavy (non-hydrogen) atoms. The van der Waals surface area contributed by atoms with Gasteiger partial charge in [0.15, 0.2) is 5.75 Å². The van der Waals surface area contributed by atoms with E-state index in [2.05, 4.69) is 27.7 Å². The number of nitro benzene ring substituents is 1. The van der Waals surface area contributed by atoms with Gasteiger partial charge in [0.25, 0.3) is 5.91 Å². The van der Waals surface area contributed by atoms with Gasteiger partial charge in [0, 0.05) is 42.2 Å². The zero-order valence-corrected chi connectivity index (χ0v) is 25.4. The monoisotopic (exact) mass is 612 g/mol. The number of rotatable bonds is 10. The number of ether oxygens (including phenoxy) is 4. The van der Waals surface area contributed by atoms with Gasteiger partial charge in [-0.2, -0.15) is 0 Å². The third-order valence-electron chi connectivity index (χ3n) is 8.32. The van der Waals surface area contributed by atoms with Gasteiger partial charge in [0.05, 0.1) is 50.3 Å². The molecule has 0 radical (unpaired) electrons. The van der Waals surface area contributed by atoms with E-state index in [1.165, 1.54) is 18.9 Å². The predicted molar refractivity (Wildman–Crippen MR) is 172 cm³/mol. The molecule has 0 unspecified atom stereocenters. The molecule has 6 rings (SSSR count). The average molecular weight is 613 g/mol. The molecule has 1 saturated heterocycles. The highest BCUT2D eigenvalue weighted by Gasteiger charge is 2.26. The minimum Gasteiger partial charge on any atom is -0.496 e. The maximum atomic E-state index is 13.3. The van der Waals surface area contributed by atoms with Crippen molar-refractivity contribution in [2.24, 2.45) is 0 Å². The van der Waals surface area contributed by atoms with Crippen molar-refractivity contribution in [3.05, 3.63) is 93.2 Å². The van der Waals surface area contributed by atoms with Crippen LogP contribution in [0.2, 0.25) is 0 Å². The largest absolute Gasteiger partial charge is 0.496 e. The Balaban J connectivity index is 1.13. The number of hydrogen-bond acceptors (Lipinski definition) is 9. The van der Waals surface area contributed by atoms with Crippen LogP contribution in [-0.4, -0.2) is 58.0 Å². The summed E-state index contributed by atoms with van der Waals surface area (Å²) in [6.07, 6.45) is 4.52. The average Bonchev–Trinajstić information content (AvgIpc) is 3.21. The molecule has 0 spiro atoms. The number of anilines is 3. The van der Waals surface area contributed by atoms with Gasteiger partial charge in [-0.05, 0) is 90.9 Å². The second-order valence-electron chi connectivity index (χ2n) is 11.0. The summed E-state index contributed by atoms with van der Waals surface area (Å²) in [4.78, 5) is 26.5. The minimum atomic E-state index is -0.466. The van der Waals surface area contributed by atoms with Crippen molar-refractivity contribution in [3.8, 4) is 17.2 Å². The molecular formula is C34H36N4O7. The molecule has 2 N–H and O–H groups in total. The van der Waals surface area contributed by atoms with Gasteiger partial charge in [-0.25, -0.2) is 0 Å². The molecule has 0 saturated carbocycles. The van der Waals surface area contributed by atoms with Crippen LogP contribution in [0.1, 0.15) is 30.4 Å². The fourth-order valence-electron chi connectivity index (χ4n) is 5.92. The lowest BCUT2D eigenvalue weighted by Crippen LogP contribution is -2.36. The first-order valence-corrected chi connectivity index (χ1v) is 15.0. The van der Waals surface area contributed by atoms with E-state index in [0.29, 0.717) is 42.8 Å². The van der Waals surface area contributed by atoms with Crippen molar-refractivity contribution < 1.29 is 28.7 Å². The number of carbonyl (C=O) groups excluding carboxylic acids is 1. The summed E-state index contributed by atoms with van der Waals surface area (Å²) in [7, 11) is 3.05. The Hall–Kier alpha value is -5.03. The van der Waals surface area contributed by atoms with Gasteiger partial charge >= 0.3 is 5.69 Å². The summed E-state index contributed by atoms with van der Waals surface area (Å²) in [5.41, 5.74) is 6.55. The second kappa shape index (κ2) is 13.3. The molecule has 0 aromatic heterocycles. The fraction of sp³-hybridized carbons (Fsp3) is 0.324. The van der Waals surface area contributed by atoms with Gasteiger partial charge in [0.1, 0.15) is 11.5 Å². The molecule has 0 atom stereocenters. The minimum absolute atomic E-state index is 0.0916. The summed E-state index contributed by atoms with van der Waals surface area (Å²) in [6, 6.07) is 16.9. The Labute approximate surface area is 261 Å². The number of nitrogens with zero attached hydrogens (tertiary/aromatic N) is 2. The molecule has 11 nitrogen and oxygen atoms in total. The summed E-state index contributed by atoms with van der Waals surface area (Å²) in [5.74, 6) is 1.58. The van der Waals surface area contributed by atoms with Crippen LogP contribution in [0.25, 0.3) is 5.57 Å². The normalized spacial score (nSPS) is 16.0. The molecule has 3 aromatic carbocycles. The molecule has 2 heterocycles. The number of nitro groups is 1. The van der Waals surface area contributed by atoms with E-state index in [4.69, 9.17) is 18.9 Å². The summed E-state index contributed by atoms with van der Waals surface area (Å²) in [5, 5.41) is 17.8. The lowest BCUT2D eigenvalue weighted by atomic mass is 9.90. The van der Waals surface area contributed by atoms with Crippen LogP contribution in [0.4, 0.5) is 22.7 Å². The molecule has 3 aliphatic rings. The van der Waals surface area contributed by atoms with Crippen LogP contribution < -0.4 is 29.7 Å². The van der Waals surface area contributed by atoms with Crippen LogP contribution in [0.15, 0.2) is 71.9 Å². The van der Waals surface area contributed by atoms with Crippen molar-refractivity contribution >= 4 is 34.2 Å². The maximum absolute atomic E-state index is 13.3. The SMILES string of the molecule is COc1cc2c(cc1CCCOc1ccc(N3CCOCC3)cc1)NC(=O)C1=C(C=C(c3ccc([N+](=O)[O-])c(OC)c3)CC1)N2. The Morgan fingerprint density at radius 2 is 1.69 bits per heavy atom. The lowest BCUT2D eigenvalue weighted by molar-refractivity contribution is -0.385. The van der Waals surface area contributed by atoms with Gasteiger partial charge in [-0.1, -0.05) is 0 Å². The Bertz CT molecular complexity index is 1660. The van der Waals surface area contributed by atoms with Crippen molar-refractivity contribution in [1.82, 2.24) is 0 Å². The molecule has 2 aliphatic heterocycles. The number of fused-ring (bicyclic) bond motifs is 1. The number of aryl methyl sites for hydroxylation is 1. The molecule has 1 aliphatic carbocycles. The molecule has 234 valence electrons. The van der Waals surface area contributed by atoms with Crippen LogP contribution in [0, 0.1) is 10.1 Å². The summed E-state index contributed by atoms with van der Waals surface area (Å²) in [6.45, 7) is 3.83. The van der Waals surface area contributed by atoms with Crippen LogP contribution in [0.3, 0.4) is 0 Å². The highest BCUT2D eigenvalue weighted by Crippen LogP contribution is 2.40. The van der Waals surface area contributed by atoms with E-state index in [1.54, 1.807) is 19.2 Å². The van der Waals surface area contributed by atoms with Crippen LogP contribution >= 0.6 is 0 Å². The van der Waals surface area contributed by atoms with Gasteiger partial charge in [-0.3, -0.25) is 14.9 Å². The number of methoxy groups -OCH3 is 2. The molecule has 1 amide bonds. The quantitative estimate of drug-likeness (QED) is 0.162. The number of carbonyl (C=O) groups is 1. The van der Waals surface area contributed by atoms with E-state index in [0.717, 1.165) is 66.6 Å². The number of nitrogens with one attached hydrogen (secondary N) is 2. The van der Waals surface area contributed by atoms with Crippen molar-refractivity contribution in [2.45, 2.75) is 25.7 Å². The first-order chi connectivity index (χ1) is 21.9. The standard InChI is InChI=1S/C34H36N4O7/c1-42-32-21-30-29(19-24(32)4-3-15-45-26-9-7-25(8-10-26)37-13-16-44-17-14-37)36-34(39)27-11-5-22(18-28(27)35-30)23-6-12-31(38(40)41)33(20-23)43-2/h6-10,12,18-21,35H,3-5,11,13-17H2,1-2H3,(H,36,39). The van der Waals surface area contributed by atoms with E-state index >= 15 is 0 Å². The molecule has 11 heteroatoms. The van der Waals surface area contributed by atoms with Crippen LogP contribution in [-0.2, 0) is 16.0 Å². The van der Waals surface area contributed by atoms with E-state index in [9.17, 15) is 14.9 Å². The van der Waals surface area contributed by atoms with Crippen molar-refractivity contribution in [3.63, 3.8) is 0 Å². The third-order valence-corrected chi connectivity index (χ3v) is 8.32. The van der Waals surface area contributed by atoms with Crippen molar-refractivity contribution in [2.75, 3.05) is 62.7 Å². The summed E-state index contributed by atoms with van der Waals surface area (Å²) < 4.78 is 22.5. The smallest absolute Gasteiger partial charge is 0.310 e. The van der Waals surface area contributed by atoms with Crippen molar-refractivity contribution in [1.29, 1.82) is 0 Å². The number of morpholine rings is 1. The number of hydrogen-bond donors (Lipinski definition) is 2. The summed E-state index contributed by atoms with van der Waals surface area (Å²) >= 11 is 0. The third kappa shape index (κ3) is 6.58. The molecule has 0 bridgehead atoms. The zero-order chi connectivity index (χ0) is 31.3.